The molecule has 0 radical (unpaired) electrons. The van der Waals surface area contributed by atoms with Gasteiger partial charge in [-0.2, -0.15) is 0 Å². The average molecular weight is 315 g/mol. The predicted molar refractivity (Wildman–Crippen MR) is 80.9 cm³/mol. The zero-order valence-corrected chi connectivity index (χ0v) is 11.6. The molecular formula is C15H11BrN2O. The van der Waals surface area contributed by atoms with E-state index in [-0.39, 0.29) is 5.91 Å². The van der Waals surface area contributed by atoms with Gasteiger partial charge in [0.15, 0.2) is 0 Å². The lowest BCUT2D eigenvalue weighted by molar-refractivity contribution is 0.102. The van der Waals surface area contributed by atoms with Crippen molar-refractivity contribution in [1.82, 2.24) is 0 Å². The fraction of sp³-hybridized carbons (Fsp3) is 0. The number of nitrogen functional groups attached to an aromatic ring is 1. The Bertz CT molecular complexity index is 674. The van der Waals surface area contributed by atoms with Gasteiger partial charge in [0.25, 0.3) is 5.91 Å². The lowest BCUT2D eigenvalue weighted by Gasteiger charge is -2.08. The average Bonchev–Trinajstić information content (AvgIpc) is 2.38. The second-order valence-electron chi connectivity index (χ2n) is 3.91. The number of halogens is 1. The smallest absolute Gasteiger partial charge is 0.257 e. The van der Waals surface area contributed by atoms with Gasteiger partial charge >= 0.3 is 0 Å². The molecule has 3 nitrogen and oxygen atoms in total. The van der Waals surface area contributed by atoms with E-state index < -0.39 is 0 Å². The number of terminal acetylenes is 1. The molecule has 0 saturated carbocycles. The minimum atomic E-state index is -0.265. The summed E-state index contributed by atoms with van der Waals surface area (Å²) in [7, 11) is 0. The van der Waals surface area contributed by atoms with Crippen LogP contribution in [0.5, 0.6) is 0 Å². The molecule has 94 valence electrons. The van der Waals surface area contributed by atoms with Crippen LogP contribution in [0.1, 0.15) is 15.9 Å². The number of hydrogen-bond acceptors (Lipinski definition) is 2. The van der Waals surface area contributed by atoms with Gasteiger partial charge in [0, 0.05) is 21.4 Å². The Morgan fingerprint density at radius 1 is 1.26 bits per heavy atom. The van der Waals surface area contributed by atoms with Crippen molar-refractivity contribution in [2.75, 3.05) is 11.1 Å². The van der Waals surface area contributed by atoms with Crippen LogP contribution in [-0.4, -0.2) is 5.91 Å². The van der Waals surface area contributed by atoms with E-state index in [4.69, 9.17) is 12.2 Å². The molecule has 0 aliphatic carbocycles. The number of nitrogens with two attached hydrogens (primary N) is 1. The molecule has 4 heteroatoms. The fourth-order valence-electron chi connectivity index (χ4n) is 1.63. The number of amides is 1. The number of anilines is 2. The monoisotopic (exact) mass is 314 g/mol. The van der Waals surface area contributed by atoms with Crippen LogP contribution < -0.4 is 11.1 Å². The van der Waals surface area contributed by atoms with E-state index in [0.29, 0.717) is 22.5 Å². The van der Waals surface area contributed by atoms with Gasteiger partial charge in [-0.05, 0) is 36.4 Å². The fourth-order valence-corrected chi connectivity index (χ4v) is 2.00. The van der Waals surface area contributed by atoms with Crippen LogP contribution >= 0.6 is 15.9 Å². The van der Waals surface area contributed by atoms with Crippen molar-refractivity contribution in [1.29, 1.82) is 0 Å². The minimum absolute atomic E-state index is 0.265. The third-order valence-corrected chi connectivity index (χ3v) is 3.04. The van der Waals surface area contributed by atoms with Crippen molar-refractivity contribution in [2.24, 2.45) is 0 Å². The highest BCUT2D eigenvalue weighted by Crippen LogP contribution is 2.20. The molecule has 2 aromatic rings. The maximum Gasteiger partial charge on any atom is 0.257 e. The molecule has 0 bridgehead atoms. The SMILES string of the molecule is C#Cc1cccc(NC(=O)c2ccc(Br)cc2N)c1. The van der Waals surface area contributed by atoms with Crippen molar-refractivity contribution in [3.05, 3.63) is 58.1 Å². The molecule has 19 heavy (non-hydrogen) atoms. The Labute approximate surface area is 120 Å². The number of benzene rings is 2. The van der Waals surface area contributed by atoms with Crippen LogP contribution in [0.4, 0.5) is 11.4 Å². The van der Waals surface area contributed by atoms with E-state index in [1.54, 1.807) is 42.5 Å². The van der Waals surface area contributed by atoms with E-state index in [1.807, 2.05) is 0 Å². The molecule has 1 amide bonds. The molecule has 2 aromatic carbocycles. The lowest BCUT2D eigenvalue weighted by Crippen LogP contribution is -2.14. The van der Waals surface area contributed by atoms with Crippen LogP contribution in [0.15, 0.2) is 46.9 Å². The van der Waals surface area contributed by atoms with Crippen LogP contribution in [0.2, 0.25) is 0 Å². The Hall–Kier alpha value is -2.25. The topological polar surface area (TPSA) is 55.1 Å². The molecule has 0 fully saturated rings. The van der Waals surface area contributed by atoms with Crippen molar-refractivity contribution >= 4 is 33.2 Å². The van der Waals surface area contributed by atoms with E-state index >= 15 is 0 Å². The number of nitrogens with one attached hydrogen (secondary N) is 1. The number of rotatable bonds is 2. The highest BCUT2D eigenvalue weighted by molar-refractivity contribution is 9.10. The van der Waals surface area contributed by atoms with E-state index in [1.165, 1.54) is 0 Å². The third kappa shape index (κ3) is 3.15. The first-order chi connectivity index (χ1) is 9.10. The van der Waals surface area contributed by atoms with Crippen molar-refractivity contribution in [3.63, 3.8) is 0 Å². The van der Waals surface area contributed by atoms with Crippen LogP contribution in [0.3, 0.4) is 0 Å². The predicted octanol–water partition coefficient (Wildman–Crippen LogP) is 3.26. The molecule has 0 atom stereocenters. The summed E-state index contributed by atoms with van der Waals surface area (Å²) < 4.78 is 0.830. The Morgan fingerprint density at radius 3 is 2.74 bits per heavy atom. The lowest BCUT2D eigenvalue weighted by atomic mass is 10.1. The summed E-state index contributed by atoms with van der Waals surface area (Å²) in [5.41, 5.74) is 8.00. The van der Waals surface area contributed by atoms with E-state index in [2.05, 4.69) is 27.2 Å². The van der Waals surface area contributed by atoms with Crippen molar-refractivity contribution in [3.8, 4) is 12.3 Å². The summed E-state index contributed by atoms with van der Waals surface area (Å²) >= 11 is 3.30. The van der Waals surface area contributed by atoms with Gasteiger partial charge in [0.1, 0.15) is 0 Å². The molecule has 0 heterocycles. The second-order valence-corrected chi connectivity index (χ2v) is 4.83. The van der Waals surface area contributed by atoms with E-state index in [9.17, 15) is 4.79 Å². The van der Waals surface area contributed by atoms with Gasteiger partial charge in [-0.3, -0.25) is 4.79 Å². The first kappa shape index (κ1) is 13.2. The second kappa shape index (κ2) is 5.59. The summed E-state index contributed by atoms with van der Waals surface area (Å²) in [5.74, 6) is 2.25. The standard InChI is InChI=1S/C15H11BrN2O/c1-2-10-4-3-5-12(8-10)18-15(19)13-7-6-11(16)9-14(13)17/h1,3-9H,17H2,(H,18,19). The highest BCUT2D eigenvalue weighted by atomic mass is 79.9. The number of carbonyl (C=O) groups excluding carboxylic acids is 1. The molecule has 0 aliphatic heterocycles. The van der Waals surface area contributed by atoms with Gasteiger partial charge in [0.2, 0.25) is 0 Å². The molecule has 0 spiro atoms. The zero-order valence-electron chi connectivity index (χ0n) is 9.98. The van der Waals surface area contributed by atoms with E-state index in [0.717, 1.165) is 4.47 Å². The Kier molecular flexibility index (Phi) is 3.88. The molecule has 0 aromatic heterocycles. The summed E-state index contributed by atoms with van der Waals surface area (Å²) in [6, 6.07) is 12.2. The summed E-state index contributed by atoms with van der Waals surface area (Å²) in [6.45, 7) is 0. The van der Waals surface area contributed by atoms with Gasteiger partial charge < -0.3 is 11.1 Å². The van der Waals surface area contributed by atoms with Crippen LogP contribution in [-0.2, 0) is 0 Å². The van der Waals surface area contributed by atoms with Crippen molar-refractivity contribution < 1.29 is 4.79 Å². The van der Waals surface area contributed by atoms with Crippen molar-refractivity contribution in [2.45, 2.75) is 0 Å². The van der Waals surface area contributed by atoms with Gasteiger partial charge in [-0.25, -0.2) is 0 Å². The molecule has 0 saturated heterocycles. The quantitative estimate of drug-likeness (QED) is 0.660. The van der Waals surface area contributed by atoms with Gasteiger partial charge in [0.05, 0.1) is 5.56 Å². The molecular weight excluding hydrogens is 304 g/mol. The largest absolute Gasteiger partial charge is 0.398 e. The summed E-state index contributed by atoms with van der Waals surface area (Å²) in [6.07, 6.45) is 5.31. The van der Waals surface area contributed by atoms with Crippen LogP contribution in [0.25, 0.3) is 0 Å². The normalized spacial score (nSPS) is 9.68. The van der Waals surface area contributed by atoms with Crippen LogP contribution in [0, 0.1) is 12.3 Å². The zero-order chi connectivity index (χ0) is 13.8. The maximum absolute atomic E-state index is 12.1. The Morgan fingerprint density at radius 2 is 2.05 bits per heavy atom. The number of hydrogen-bond donors (Lipinski definition) is 2. The number of carbonyl (C=O) groups is 1. The van der Waals surface area contributed by atoms with Gasteiger partial charge in [-0.1, -0.05) is 27.9 Å². The summed E-state index contributed by atoms with van der Waals surface area (Å²) in [5, 5.41) is 2.76. The molecule has 0 unspecified atom stereocenters. The first-order valence-electron chi connectivity index (χ1n) is 5.53. The van der Waals surface area contributed by atoms with Gasteiger partial charge in [-0.15, -0.1) is 6.42 Å². The Balaban J connectivity index is 2.23. The maximum atomic E-state index is 12.1. The minimum Gasteiger partial charge on any atom is -0.398 e. The molecule has 0 aliphatic rings. The molecule has 3 N–H and O–H groups in total. The third-order valence-electron chi connectivity index (χ3n) is 2.55. The molecule has 2 rings (SSSR count). The highest BCUT2D eigenvalue weighted by Gasteiger charge is 2.10. The first-order valence-corrected chi connectivity index (χ1v) is 6.32. The summed E-state index contributed by atoms with van der Waals surface area (Å²) in [4.78, 5) is 12.1.